The van der Waals surface area contributed by atoms with E-state index < -0.39 is 5.82 Å². The standard InChI is InChI=1S/C15H13FN4O/c1-20-18-15(17-19-20)12-7-8-14(13(16)9-12)21-10-11-5-3-2-4-6-11/h2-9H,10H2,1H3. The quantitative estimate of drug-likeness (QED) is 0.739. The van der Waals surface area contributed by atoms with Crippen LogP contribution in [0.25, 0.3) is 11.4 Å². The van der Waals surface area contributed by atoms with Crippen LogP contribution in [-0.2, 0) is 13.7 Å². The van der Waals surface area contributed by atoms with Crippen LogP contribution in [0.5, 0.6) is 5.75 Å². The van der Waals surface area contributed by atoms with Crippen LogP contribution in [0.4, 0.5) is 4.39 Å². The fourth-order valence-electron chi connectivity index (χ4n) is 1.89. The fraction of sp³-hybridized carbons (Fsp3) is 0.133. The Labute approximate surface area is 121 Å². The summed E-state index contributed by atoms with van der Waals surface area (Å²) in [7, 11) is 1.66. The molecular weight excluding hydrogens is 271 g/mol. The van der Waals surface area contributed by atoms with E-state index in [1.165, 1.54) is 10.9 Å². The molecule has 3 aromatic rings. The monoisotopic (exact) mass is 284 g/mol. The first-order valence-electron chi connectivity index (χ1n) is 6.43. The van der Waals surface area contributed by atoms with Crippen molar-refractivity contribution in [2.45, 2.75) is 6.61 Å². The molecule has 0 radical (unpaired) electrons. The van der Waals surface area contributed by atoms with Crippen molar-refractivity contribution in [3.05, 3.63) is 59.9 Å². The van der Waals surface area contributed by atoms with Gasteiger partial charge in [-0.25, -0.2) is 4.39 Å². The molecule has 6 heteroatoms. The van der Waals surface area contributed by atoms with Crippen molar-refractivity contribution in [3.8, 4) is 17.1 Å². The van der Waals surface area contributed by atoms with Gasteiger partial charge in [-0.2, -0.15) is 4.80 Å². The molecule has 0 saturated heterocycles. The first-order valence-corrected chi connectivity index (χ1v) is 6.43. The molecular formula is C15H13FN4O. The van der Waals surface area contributed by atoms with Gasteiger partial charge in [0, 0.05) is 5.56 Å². The third-order valence-electron chi connectivity index (χ3n) is 2.94. The predicted molar refractivity (Wildman–Crippen MR) is 75.0 cm³/mol. The van der Waals surface area contributed by atoms with Crippen LogP contribution in [-0.4, -0.2) is 20.2 Å². The summed E-state index contributed by atoms with van der Waals surface area (Å²) >= 11 is 0. The van der Waals surface area contributed by atoms with Crippen LogP contribution in [0.15, 0.2) is 48.5 Å². The topological polar surface area (TPSA) is 52.8 Å². The van der Waals surface area contributed by atoms with Gasteiger partial charge in [-0.15, -0.1) is 10.2 Å². The highest BCUT2D eigenvalue weighted by Gasteiger charge is 2.10. The van der Waals surface area contributed by atoms with Crippen molar-refractivity contribution in [1.82, 2.24) is 20.2 Å². The molecule has 3 rings (SSSR count). The Kier molecular flexibility index (Phi) is 3.59. The van der Waals surface area contributed by atoms with Gasteiger partial charge >= 0.3 is 0 Å². The summed E-state index contributed by atoms with van der Waals surface area (Å²) in [6.07, 6.45) is 0. The molecule has 106 valence electrons. The van der Waals surface area contributed by atoms with E-state index in [-0.39, 0.29) is 5.75 Å². The van der Waals surface area contributed by atoms with Gasteiger partial charge in [-0.3, -0.25) is 0 Å². The van der Waals surface area contributed by atoms with Gasteiger partial charge in [0.05, 0.1) is 7.05 Å². The van der Waals surface area contributed by atoms with Gasteiger partial charge in [-0.1, -0.05) is 30.3 Å². The van der Waals surface area contributed by atoms with E-state index in [1.54, 1.807) is 19.2 Å². The predicted octanol–water partition coefficient (Wildman–Crippen LogP) is 2.60. The lowest BCUT2D eigenvalue weighted by atomic mass is 10.2. The largest absolute Gasteiger partial charge is 0.486 e. The van der Waals surface area contributed by atoms with Crippen LogP contribution in [0.1, 0.15) is 5.56 Å². The molecule has 5 nitrogen and oxygen atoms in total. The maximum atomic E-state index is 14.0. The summed E-state index contributed by atoms with van der Waals surface area (Å²) in [5.41, 5.74) is 1.55. The summed E-state index contributed by atoms with van der Waals surface area (Å²) in [6.45, 7) is 0.320. The second-order valence-electron chi connectivity index (χ2n) is 4.52. The molecule has 0 aliphatic rings. The average Bonchev–Trinajstić information content (AvgIpc) is 2.93. The maximum Gasteiger partial charge on any atom is 0.205 e. The molecule has 0 amide bonds. The smallest absolute Gasteiger partial charge is 0.205 e. The maximum absolute atomic E-state index is 14.0. The van der Waals surface area contributed by atoms with E-state index in [2.05, 4.69) is 15.4 Å². The zero-order valence-corrected chi connectivity index (χ0v) is 11.4. The highest BCUT2D eigenvalue weighted by atomic mass is 19.1. The van der Waals surface area contributed by atoms with E-state index in [0.29, 0.717) is 18.0 Å². The number of aryl methyl sites for hydroxylation is 1. The molecule has 2 aromatic carbocycles. The summed E-state index contributed by atoms with van der Waals surface area (Å²) in [5.74, 6) is 0.133. The Hall–Kier alpha value is -2.76. The molecule has 1 heterocycles. The van der Waals surface area contributed by atoms with Crippen molar-refractivity contribution in [1.29, 1.82) is 0 Å². The number of hydrogen-bond acceptors (Lipinski definition) is 4. The number of aromatic nitrogens is 4. The minimum Gasteiger partial charge on any atom is -0.486 e. The van der Waals surface area contributed by atoms with Gasteiger partial charge in [-0.05, 0) is 29.0 Å². The van der Waals surface area contributed by atoms with E-state index in [0.717, 1.165) is 5.56 Å². The van der Waals surface area contributed by atoms with Crippen molar-refractivity contribution in [2.75, 3.05) is 0 Å². The van der Waals surface area contributed by atoms with E-state index in [4.69, 9.17) is 4.74 Å². The van der Waals surface area contributed by atoms with Gasteiger partial charge in [0.15, 0.2) is 11.6 Å². The van der Waals surface area contributed by atoms with Crippen molar-refractivity contribution >= 4 is 0 Å². The Morgan fingerprint density at radius 1 is 1.14 bits per heavy atom. The van der Waals surface area contributed by atoms with Gasteiger partial charge < -0.3 is 4.74 Å². The molecule has 0 unspecified atom stereocenters. The zero-order valence-electron chi connectivity index (χ0n) is 11.4. The van der Waals surface area contributed by atoms with Crippen molar-refractivity contribution in [2.24, 2.45) is 7.05 Å². The number of tetrazole rings is 1. The summed E-state index contributed by atoms with van der Waals surface area (Å²) in [4.78, 5) is 1.33. The van der Waals surface area contributed by atoms with Crippen LogP contribution >= 0.6 is 0 Å². The summed E-state index contributed by atoms with van der Waals surface area (Å²) in [6, 6.07) is 14.2. The van der Waals surface area contributed by atoms with Gasteiger partial charge in [0.25, 0.3) is 0 Å². The van der Waals surface area contributed by atoms with Crippen LogP contribution < -0.4 is 4.74 Å². The fourth-order valence-corrected chi connectivity index (χ4v) is 1.89. The summed E-state index contributed by atoms with van der Waals surface area (Å²) in [5, 5.41) is 11.6. The molecule has 0 aliphatic carbocycles. The molecule has 0 fully saturated rings. The molecule has 0 bridgehead atoms. The van der Waals surface area contributed by atoms with E-state index >= 15 is 0 Å². The number of halogens is 1. The SMILES string of the molecule is Cn1nnc(-c2ccc(OCc3ccccc3)c(F)c2)n1. The average molecular weight is 284 g/mol. The second-order valence-corrected chi connectivity index (χ2v) is 4.52. The normalized spacial score (nSPS) is 10.6. The molecule has 0 N–H and O–H groups in total. The first kappa shape index (κ1) is 13.2. The number of ether oxygens (including phenoxy) is 1. The highest BCUT2D eigenvalue weighted by Crippen LogP contribution is 2.23. The lowest BCUT2D eigenvalue weighted by Crippen LogP contribution is -1.97. The molecule has 0 aliphatic heterocycles. The Morgan fingerprint density at radius 3 is 2.62 bits per heavy atom. The molecule has 1 aromatic heterocycles. The summed E-state index contributed by atoms with van der Waals surface area (Å²) < 4.78 is 19.5. The number of rotatable bonds is 4. The first-order chi connectivity index (χ1) is 10.2. The Morgan fingerprint density at radius 2 is 1.95 bits per heavy atom. The van der Waals surface area contributed by atoms with Crippen LogP contribution in [0, 0.1) is 5.82 Å². The zero-order chi connectivity index (χ0) is 14.7. The van der Waals surface area contributed by atoms with E-state index in [9.17, 15) is 4.39 Å². The Bertz CT molecular complexity index is 742. The minimum atomic E-state index is -0.448. The highest BCUT2D eigenvalue weighted by molar-refractivity contribution is 5.55. The van der Waals surface area contributed by atoms with Crippen molar-refractivity contribution < 1.29 is 9.13 Å². The number of hydrogen-bond donors (Lipinski definition) is 0. The number of benzene rings is 2. The Balaban J connectivity index is 1.75. The molecule has 0 atom stereocenters. The minimum absolute atomic E-state index is 0.200. The van der Waals surface area contributed by atoms with Crippen molar-refractivity contribution in [3.63, 3.8) is 0 Å². The van der Waals surface area contributed by atoms with Crippen LogP contribution in [0.2, 0.25) is 0 Å². The van der Waals surface area contributed by atoms with E-state index in [1.807, 2.05) is 30.3 Å². The van der Waals surface area contributed by atoms with Crippen LogP contribution in [0.3, 0.4) is 0 Å². The van der Waals surface area contributed by atoms with Gasteiger partial charge in [0.2, 0.25) is 5.82 Å². The van der Waals surface area contributed by atoms with Gasteiger partial charge in [0.1, 0.15) is 6.61 Å². The third-order valence-corrected chi connectivity index (χ3v) is 2.94. The molecule has 0 spiro atoms. The third kappa shape index (κ3) is 3.05. The molecule has 21 heavy (non-hydrogen) atoms. The molecule has 0 saturated carbocycles. The lowest BCUT2D eigenvalue weighted by molar-refractivity contribution is 0.290. The lowest BCUT2D eigenvalue weighted by Gasteiger charge is -2.07. The second kappa shape index (κ2) is 5.70. The number of nitrogens with zero attached hydrogens (tertiary/aromatic N) is 4.